The first-order chi connectivity index (χ1) is 17.1. The Balaban J connectivity index is 1.31. The molecular formula is C30H25NO3S. The van der Waals surface area contributed by atoms with Crippen LogP contribution in [0.15, 0.2) is 101 Å². The molecule has 0 aromatic heterocycles. The van der Waals surface area contributed by atoms with Gasteiger partial charge in [-0.1, -0.05) is 54.2 Å². The van der Waals surface area contributed by atoms with E-state index in [2.05, 4.69) is 11.4 Å². The van der Waals surface area contributed by atoms with E-state index in [0.29, 0.717) is 12.2 Å². The fourth-order valence-electron chi connectivity index (χ4n) is 3.95. The topological polar surface area (TPSA) is 47.6 Å². The number of benzene rings is 4. The van der Waals surface area contributed by atoms with Crippen molar-refractivity contribution < 1.29 is 14.3 Å². The number of ketones is 1. The van der Waals surface area contributed by atoms with Gasteiger partial charge in [-0.25, -0.2) is 0 Å². The summed E-state index contributed by atoms with van der Waals surface area (Å²) in [6.07, 6.45) is 3.44. The first-order valence-corrected chi connectivity index (χ1v) is 12.2. The molecule has 0 bridgehead atoms. The van der Waals surface area contributed by atoms with E-state index in [0.717, 1.165) is 44.5 Å². The van der Waals surface area contributed by atoms with Gasteiger partial charge in [0.05, 0.1) is 18.5 Å². The summed E-state index contributed by atoms with van der Waals surface area (Å²) in [6.45, 7) is 2.39. The van der Waals surface area contributed by atoms with Gasteiger partial charge >= 0.3 is 0 Å². The Bertz CT molecular complexity index is 1430. The third-order valence-corrected chi connectivity index (χ3v) is 7.00. The maximum Gasteiger partial charge on any atom is 0.185 e. The van der Waals surface area contributed by atoms with Crippen molar-refractivity contribution in [2.45, 2.75) is 23.3 Å². The standard InChI is InChI=1S/C30H25NO3S/c1-20-7-3-5-9-27(20)34-19-23-17-21(12-15-28(23)33-2)11-14-26(32)22-13-16-30-25(18-22)31-24-8-4-6-10-29(24)35-30/h3-18,31H,19H2,1-2H3/b14-11+. The minimum Gasteiger partial charge on any atom is -0.496 e. The molecule has 0 amide bonds. The predicted octanol–water partition coefficient (Wildman–Crippen LogP) is 7.69. The number of para-hydroxylation sites is 2. The number of hydrogen-bond acceptors (Lipinski definition) is 5. The molecule has 1 heterocycles. The molecule has 4 aromatic carbocycles. The summed E-state index contributed by atoms with van der Waals surface area (Å²) in [4.78, 5) is 15.2. The van der Waals surface area contributed by atoms with Crippen LogP contribution in [0.2, 0.25) is 0 Å². The number of carbonyl (C=O) groups is 1. The highest BCUT2D eigenvalue weighted by Gasteiger charge is 2.16. The van der Waals surface area contributed by atoms with Crippen molar-refractivity contribution in [3.8, 4) is 11.5 Å². The maximum atomic E-state index is 12.9. The van der Waals surface area contributed by atoms with Crippen LogP contribution >= 0.6 is 11.8 Å². The van der Waals surface area contributed by atoms with E-state index < -0.39 is 0 Å². The molecule has 0 fully saturated rings. The molecule has 4 aromatic rings. The molecule has 35 heavy (non-hydrogen) atoms. The van der Waals surface area contributed by atoms with Gasteiger partial charge in [-0.15, -0.1) is 0 Å². The third-order valence-electron chi connectivity index (χ3n) is 5.85. The minimum atomic E-state index is -0.0491. The molecule has 1 aliphatic heterocycles. The van der Waals surface area contributed by atoms with E-state index in [1.807, 2.05) is 91.9 Å². The van der Waals surface area contributed by atoms with Crippen molar-refractivity contribution in [3.05, 3.63) is 113 Å². The molecule has 4 nitrogen and oxygen atoms in total. The summed E-state index contributed by atoms with van der Waals surface area (Å²) in [5.41, 5.74) is 5.55. The van der Waals surface area contributed by atoms with Gasteiger partial charge in [-0.05, 0) is 72.7 Å². The molecule has 0 unspecified atom stereocenters. The van der Waals surface area contributed by atoms with E-state index in [-0.39, 0.29) is 5.78 Å². The van der Waals surface area contributed by atoms with Gasteiger partial charge in [0.2, 0.25) is 0 Å². The van der Waals surface area contributed by atoms with Gasteiger partial charge in [0.25, 0.3) is 0 Å². The van der Waals surface area contributed by atoms with Crippen LogP contribution in [0.25, 0.3) is 6.08 Å². The van der Waals surface area contributed by atoms with Crippen LogP contribution in [-0.2, 0) is 6.61 Å². The predicted molar refractivity (Wildman–Crippen MR) is 142 cm³/mol. The summed E-state index contributed by atoms with van der Waals surface area (Å²) in [5, 5.41) is 3.44. The molecule has 5 rings (SSSR count). The molecular weight excluding hydrogens is 454 g/mol. The smallest absolute Gasteiger partial charge is 0.185 e. The summed E-state index contributed by atoms with van der Waals surface area (Å²) >= 11 is 1.71. The number of rotatable bonds is 7. The normalized spacial score (nSPS) is 11.9. The summed E-state index contributed by atoms with van der Waals surface area (Å²) in [6, 6.07) is 27.7. The molecule has 0 atom stereocenters. The zero-order chi connectivity index (χ0) is 24.2. The van der Waals surface area contributed by atoms with Crippen LogP contribution < -0.4 is 14.8 Å². The van der Waals surface area contributed by atoms with Crippen LogP contribution in [0.3, 0.4) is 0 Å². The van der Waals surface area contributed by atoms with Gasteiger partial charge < -0.3 is 14.8 Å². The first-order valence-electron chi connectivity index (χ1n) is 11.4. The zero-order valence-corrected chi connectivity index (χ0v) is 20.4. The average Bonchev–Trinajstić information content (AvgIpc) is 2.89. The average molecular weight is 480 g/mol. The van der Waals surface area contributed by atoms with Gasteiger partial charge in [0, 0.05) is 20.9 Å². The highest BCUT2D eigenvalue weighted by molar-refractivity contribution is 7.99. The number of nitrogens with one attached hydrogen (secondary N) is 1. The number of methoxy groups -OCH3 is 1. The number of anilines is 2. The Morgan fingerprint density at radius 3 is 2.54 bits per heavy atom. The zero-order valence-electron chi connectivity index (χ0n) is 19.6. The lowest BCUT2D eigenvalue weighted by Gasteiger charge is -2.20. The quantitative estimate of drug-likeness (QED) is 0.192. The van der Waals surface area contributed by atoms with Crippen molar-refractivity contribution in [2.24, 2.45) is 0 Å². The molecule has 5 heteroatoms. The summed E-state index contributed by atoms with van der Waals surface area (Å²) < 4.78 is 11.5. The fraction of sp³-hybridized carbons (Fsp3) is 0.100. The summed E-state index contributed by atoms with van der Waals surface area (Å²) in [5.74, 6) is 1.54. The van der Waals surface area contributed by atoms with Crippen LogP contribution in [-0.4, -0.2) is 12.9 Å². The van der Waals surface area contributed by atoms with E-state index in [9.17, 15) is 4.79 Å². The van der Waals surface area contributed by atoms with E-state index in [1.54, 1.807) is 24.9 Å². The Labute approximate surface area is 209 Å². The van der Waals surface area contributed by atoms with Crippen LogP contribution in [0.4, 0.5) is 11.4 Å². The monoisotopic (exact) mass is 479 g/mol. The lowest BCUT2D eigenvalue weighted by atomic mass is 10.1. The van der Waals surface area contributed by atoms with Crippen molar-refractivity contribution >= 4 is 35.0 Å². The molecule has 174 valence electrons. The van der Waals surface area contributed by atoms with Crippen molar-refractivity contribution in [1.82, 2.24) is 0 Å². The van der Waals surface area contributed by atoms with Gasteiger partial charge in [-0.3, -0.25) is 4.79 Å². The van der Waals surface area contributed by atoms with E-state index >= 15 is 0 Å². The highest BCUT2D eigenvalue weighted by atomic mass is 32.2. The Morgan fingerprint density at radius 2 is 1.69 bits per heavy atom. The first kappa shape index (κ1) is 22.8. The Morgan fingerprint density at radius 1 is 0.886 bits per heavy atom. The minimum absolute atomic E-state index is 0.0491. The Kier molecular flexibility index (Phi) is 6.59. The largest absolute Gasteiger partial charge is 0.496 e. The number of allylic oxidation sites excluding steroid dienone is 1. The van der Waals surface area contributed by atoms with Crippen LogP contribution in [0.5, 0.6) is 11.5 Å². The van der Waals surface area contributed by atoms with Crippen molar-refractivity contribution in [1.29, 1.82) is 0 Å². The van der Waals surface area contributed by atoms with E-state index in [4.69, 9.17) is 9.47 Å². The molecule has 1 aliphatic rings. The molecule has 0 spiro atoms. The van der Waals surface area contributed by atoms with Crippen molar-refractivity contribution in [3.63, 3.8) is 0 Å². The van der Waals surface area contributed by atoms with Gasteiger partial charge in [0.15, 0.2) is 5.78 Å². The second kappa shape index (κ2) is 10.1. The highest BCUT2D eigenvalue weighted by Crippen LogP contribution is 2.44. The number of aryl methyl sites for hydroxylation is 1. The second-order valence-electron chi connectivity index (χ2n) is 8.26. The molecule has 1 N–H and O–H groups in total. The third kappa shape index (κ3) is 5.10. The lowest BCUT2D eigenvalue weighted by Crippen LogP contribution is -2.02. The van der Waals surface area contributed by atoms with E-state index in [1.165, 1.54) is 4.90 Å². The molecule has 0 saturated heterocycles. The van der Waals surface area contributed by atoms with Gasteiger partial charge in [-0.2, -0.15) is 0 Å². The Hall–Kier alpha value is -3.96. The van der Waals surface area contributed by atoms with Crippen molar-refractivity contribution in [2.75, 3.05) is 12.4 Å². The number of fused-ring (bicyclic) bond motifs is 2. The van der Waals surface area contributed by atoms with Crippen LogP contribution in [0, 0.1) is 6.92 Å². The summed E-state index contributed by atoms with van der Waals surface area (Å²) in [7, 11) is 1.65. The number of hydrogen-bond donors (Lipinski definition) is 1. The molecule has 0 radical (unpaired) electrons. The fourth-order valence-corrected chi connectivity index (χ4v) is 4.92. The van der Waals surface area contributed by atoms with Crippen LogP contribution in [0.1, 0.15) is 27.0 Å². The SMILES string of the molecule is COc1ccc(/C=C/C(=O)c2ccc3c(c2)Nc2ccccc2S3)cc1COc1ccccc1C. The van der Waals surface area contributed by atoms with Gasteiger partial charge in [0.1, 0.15) is 18.1 Å². The molecule has 0 saturated carbocycles. The maximum absolute atomic E-state index is 12.9. The lowest BCUT2D eigenvalue weighted by molar-refractivity contribution is 0.104. The number of carbonyl (C=O) groups excluding carboxylic acids is 1. The molecule has 0 aliphatic carbocycles. The number of ether oxygens (including phenoxy) is 2. The second-order valence-corrected chi connectivity index (χ2v) is 9.34.